The first-order chi connectivity index (χ1) is 14.5. The van der Waals surface area contributed by atoms with Gasteiger partial charge in [-0.05, 0) is 64.8 Å². The van der Waals surface area contributed by atoms with Gasteiger partial charge in [-0.3, -0.25) is 4.79 Å². The summed E-state index contributed by atoms with van der Waals surface area (Å²) in [5.41, 5.74) is -0.275. The van der Waals surface area contributed by atoms with E-state index in [1.165, 1.54) is 0 Å². The molecule has 0 saturated heterocycles. The van der Waals surface area contributed by atoms with Crippen molar-refractivity contribution >= 4 is 28.6 Å². The fourth-order valence-electron chi connectivity index (χ4n) is 3.73. The Labute approximate surface area is 185 Å². The molecule has 2 N–H and O–H groups in total. The number of aromatic hydroxyl groups is 1. The molecule has 3 aromatic rings. The van der Waals surface area contributed by atoms with Crippen molar-refractivity contribution in [2.45, 2.75) is 51.7 Å². The quantitative estimate of drug-likeness (QED) is 0.543. The Hall–Kier alpha value is -2.76. The van der Waals surface area contributed by atoms with E-state index in [0.29, 0.717) is 39.6 Å². The lowest BCUT2D eigenvalue weighted by Crippen LogP contribution is -2.27. The summed E-state index contributed by atoms with van der Waals surface area (Å²) < 4.78 is 12.2. The molecule has 5 nitrogen and oxygen atoms in total. The Morgan fingerprint density at radius 3 is 2.58 bits per heavy atom. The summed E-state index contributed by atoms with van der Waals surface area (Å²) in [7, 11) is 0. The minimum absolute atomic E-state index is 0.0910. The predicted octanol–water partition coefficient (Wildman–Crippen LogP) is 5.71. The summed E-state index contributed by atoms with van der Waals surface area (Å²) in [4.78, 5) is 13.6. The van der Waals surface area contributed by atoms with Gasteiger partial charge in [-0.25, -0.2) is 0 Å². The van der Waals surface area contributed by atoms with Gasteiger partial charge in [0.05, 0.1) is 16.2 Å². The van der Waals surface area contributed by atoms with Crippen LogP contribution in [0, 0.1) is 0 Å². The van der Waals surface area contributed by atoms with Crippen molar-refractivity contribution in [3.8, 4) is 22.8 Å². The van der Waals surface area contributed by atoms with Crippen molar-refractivity contribution in [3.05, 3.63) is 62.8 Å². The fraction of sp³-hybridized carbons (Fsp3) is 0.320. The highest BCUT2D eigenvalue weighted by molar-refractivity contribution is 6.33. The number of ether oxygens (including phenoxy) is 1. The zero-order chi connectivity index (χ0) is 22.6. The number of benzene rings is 2. The number of halogens is 1. The van der Waals surface area contributed by atoms with E-state index in [-0.39, 0.29) is 28.6 Å². The summed E-state index contributed by atoms with van der Waals surface area (Å²) in [6.45, 7) is 7.17. The minimum atomic E-state index is -0.973. The molecular weight excluding hydrogens is 416 g/mol. The van der Waals surface area contributed by atoms with Crippen LogP contribution in [0.4, 0.5) is 0 Å². The highest BCUT2D eigenvalue weighted by atomic mass is 35.5. The van der Waals surface area contributed by atoms with Gasteiger partial charge in [0, 0.05) is 17.2 Å². The zero-order valence-electron chi connectivity index (χ0n) is 18.0. The number of aliphatic hydroxyl groups is 1. The van der Waals surface area contributed by atoms with Gasteiger partial charge in [-0.15, -0.1) is 0 Å². The predicted molar refractivity (Wildman–Crippen MR) is 123 cm³/mol. The summed E-state index contributed by atoms with van der Waals surface area (Å²) in [5.74, 6) is 0.593. The molecule has 0 unspecified atom stereocenters. The second kappa shape index (κ2) is 7.43. The Balaban J connectivity index is 2.02. The molecule has 1 aliphatic rings. The smallest absolute Gasteiger partial charge is 0.200 e. The molecule has 2 heterocycles. The Morgan fingerprint density at radius 2 is 1.90 bits per heavy atom. The number of fused-ring (bicyclic) bond motifs is 2. The summed E-state index contributed by atoms with van der Waals surface area (Å²) >= 11 is 6.41. The van der Waals surface area contributed by atoms with Crippen molar-refractivity contribution in [3.63, 3.8) is 0 Å². The third kappa shape index (κ3) is 4.08. The summed E-state index contributed by atoms with van der Waals surface area (Å²) in [6, 6.07) is 8.75. The third-order valence-corrected chi connectivity index (χ3v) is 5.71. The van der Waals surface area contributed by atoms with Crippen LogP contribution >= 0.6 is 11.6 Å². The van der Waals surface area contributed by atoms with E-state index >= 15 is 0 Å². The zero-order valence-corrected chi connectivity index (χ0v) is 18.7. The van der Waals surface area contributed by atoms with Crippen LogP contribution in [0.1, 0.15) is 45.2 Å². The fourth-order valence-corrected chi connectivity index (χ4v) is 3.95. The largest absolute Gasteiger partial charge is 0.506 e. The number of hydrogen-bond acceptors (Lipinski definition) is 5. The van der Waals surface area contributed by atoms with Gasteiger partial charge in [0.2, 0.25) is 0 Å². The van der Waals surface area contributed by atoms with Gasteiger partial charge in [0.25, 0.3) is 0 Å². The van der Waals surface area contributed by atoms with Gasteiger partial charge in [0.1, 0.15) is 33.8 Å². The van der Waals surface area contributed by atoms with E-state index in [0.717, 1.165) is 0 Å². The molecule has 0 bridgehead atoms. The lowest BCUT2D eigenvalue weighted by molar-refractivity contribution is 0.0713. The van der Waals surface area contributed by atoms with Crippen molar-refractivity contribution < 1.29 is 19.4 Å². The SMILES string of the molecule is CC(C)(O)CCc1c(-c2ccccc2Cl)oc2cc3c(c(O)c2c1=O)C=CC(C)(C)O3. The van der Waals surface area contributed by atoms with E-state index in [1.54, 1.807) is 44.2 Å². The van der Waals surface area contributed by atoms with Gasteiger partial charge in [-0.2, -0.15) is 0 Å². The maximum absolute atomic E-state index is 13.6. The normalized spacial score (nSPS) is 15.0. The molecule has 0 amide bonds. The molecule has 0 atom stereocenters. The molecule has 162 valence electrons. The van der Waals surface area contributed by atoms with Crippen LogP contribution in [0.3, 0.4) is 0 Å². The molecule has 4 rings (SSSR count). The average Bonchev–Trinajstić information content (AvgIpc) is 2.65. The summed E-state index contributed by atoms with van der Waals surface area (Å²) in [6.07, 6.45) is 4.18. The van der Waals surface area contributed by atoms with Crippen LogP contribution in [0.15, 0.2) is 45.6 Å². The molecule has 0 aliphatic carbocycles. The first-order valence-corrected chi connectivity index (χ1v) is 10.6. The van der Waals surface area contributed by atoms with Crippen molar-refractivity contribution in [2.24, 2.45) is 0 Å². The maximum atomic E-state index is 13.6. The maximum Gasteiger partial charge on any atom is 0.200 e. The first-order valence-electron chi connectivity index (χ1n) is 10.2. The van der Waals surface area contributed by atoms with E-state index in [2.05, 4.69) is 0 Å². The second-order valence-electron chi connectivity index (χ2n) is 9.08. The van der Waals surface area contributed by atoms with Crippen molar-refractivity contribution in [1.29, 1.82) is 0 Å². The molecule has 0 radical (unpaired) electrons. The number of phenolic OH excluding ortho intramolecular Hbond substituents is 1. The van der Waals surface area contributed by atoms with Crippen molar-refractivity contribution in [1.82, 2.24) is 0 Å². The van der Waals surface area contributed by atoms with E-state index in [9.17, 15) is 15.0 Å². The highest BCUT2D eigenvalue weighted by Crippen LogP contribution is 2.42. The van der Waals surface area contributed by atoms with Crippen LogP contribution in [0.2, 0.25) is 5.02 Å². The summed E-state index contributed by atoms with van der Waals surface area (Å²) in [5, 5.41) is 21.7. The second-order valence-corrected chi connectivity index (χ2v) is 9.49. The van der Waals surface area contributed by atoms with Crippen LogP contribution in [0.25, 0.3) is 28.4 Å². The Bertz CT molecular complexity index is 1260. The number of phenols is 1. The number of rotatable bonds is 4. The first kappa shape index (κ1) is 21.5. The molecule has 6 heteroatoms. The van der Waals surface area contributed by atoms with E-state index < -0.39 is 11.2 Å². The molecule has 0 saturated carbocycles. The van der Waals surface area contributed by atoms with E-state index in [1.807, 2.05) is 26.0 Å². The Kier molecular flexibility index (Phi) is 5.15. The van der Waals surface area contributed by atoms with Gasteiger partial charge in [0.15, 0.2) is 5.43 Å². The Morgan fingerprint density at radius 1 is 1.19 bits per heavy atom. The topological polar surface area (TPSA) is 79.9 Å². The van der Waals surface area contributed by atoms with E-state index in [4.69, 9.17) is 20.8 Å². The average molecular weight is 441 g/mol. The lowest BCUT2D eigenvalue weighted by atomic mass is 9.94. The monoisotopic (exact) mass is 440 g/mol. The number of hydrogen-bond donors (Lipinski definition) is 2. The molecule has 2 aromatic carbocycles. The van der Waals surface area contributed by atoms with Crippen LogP contribution in [-0.2, 0) is 6.42 Å². The molecule has 1 aromatic heterocycles. The van der Waals surface area contributed by atoms with Crippen LogP contribution < -0.4 is 10.2 Å². The molecule has 0 spiro atoms. The lowest BCUT2D eigenvalue weighted by Gasteiger charge is -2.28. The van der Waals surface area contributed by atoms with Crippen LogP contribution in [0.5, 0.6) is 11.5 Å². The molecule has 0 fully saturated rings. The van der Waals surface area contributed by atoms with Crippen LogP contribution in [-0.4, -0.2) is 21.4 Å². The third-order valence-electron chi connectivity index (χ3n) is 5.38. The van der Waals surface area contributed by atoms with Gasteiger partial charge in [-0.1, -0.05) is 23.7 Å². The standard InChI is InChI=1S/C25H25ClO5/c1-24(2,29)11-9-16-22(28)20-19(30-23(16)14-7-5-6-8-17(14)26)13-18-15(21(20)27)10-12-25(3,4)31-18/h5-8,10,12-13,27,29H,9,11H2,1-4H3. The molecule has 31 heavy (non-hydrogen) atoms. The molecular formula is C25H25ClO5. The van der Waals surface area contributed by atoms with Gasteiger partial charge < -0.3 is 19.4 Å². The van der Waals surface area contributed by atoms with Crippen molar-refractivity contribution in [2.75, 3.05) is 0 Å². The van der Waals surface area contributed by atoms with Gasteiger partial charge >= 0.3 is 0 Å². The highest BCUT2D eigenvalue weighted by Gasteiger charge is 2.28. The minimum Gasteiger partial charge on any atom is -0.506 e. The molecule has 1 aliphatic heterocycles.